The van der Waals surface area contributed by atoms with E-state index in [1.807, 2.05) is 0 Å². The zero-order chi connectivity index (χ0) is 13.0. The highest BCUT2D eigenvalue weighted by molar-refractivity contribution is 6.31. The molecule has 0 saturated carbocycles. The van der Waals surface area contributed by atoms with Gasteiger partial charge < -0.3 is 5.32 Å². The first-order valence-corrected chi connectivity index (χ1v) is 5.92. The molecule has 0 fully saturated rings. The van der Waals surface area contributed by atoms with E-state index < -0.39 is 0 Å². The molecule has 1 N–H and O–H groups in total. The van der Waals surface area contributed by atoms with Crippen molar-refractivity contribution in [1.29, 1.82) is 0 Å². The summed E-state index contributed by atoms with van der Waals surface area (Å²) in [4.78, 5) is 0. The number of nitrogens with one attached hydrogen (secondary N) is 1. The second-order valence-electron chi connectivity index (χ2n) is 3.93. The van der Waals surface area contributed by atoms with Crippen LogP contribution >= 0.6 is 11.6 Å². The van der Waals surface area contributed by atoms with Crippen LogP contribution in [0.15, 0.2) is 42.5 Å². The molecule has 0 saturated heterocycles. The highest BCUT2D eigenvalue weighted by atomic mass is 35.5. The van der Waals surface area contributed by atoms with Gasteiger partial charge in [0.25, 0.3) is 0 Å². The summed E-state index contributed by atoms with van der Waals surface area (Å²) in [6, 6.07) is 10.7. The van der Waals surface area contributed by atoms with Crippen molar-refractivity contribution in [3.8, 4) is 0 Å². The van der Waals surface area contributed by atoms with Crippen LogP contribution in [0.3, 0.4) is 0 Å². The molecular weight excluding hydrogens is 256 g/mol. The first-order valence-electron chi connectivity index (χ1n) is 5.55. The lowest BCUT2D eigenvalue weighted by Crippen LogP contribution is -2.14. The van der Waals surface area contributed by atoms with Crippen LogP contribution in [0.5, 0.6) is 0 Å². The Morgan fingerprint density at radius 1 is 0.944 bits per heavy atom. The molecule has 0 atom stereocenters. The lowest BCUT2D eigenvalue weighted by molar-refractivity contribution is 0.585. The van der Waals surface area contributed by atoms with E-state index in [1.54, 1.807) is 18.2 Å². The predicted octanol–water partition coefficient (Wildman–Crippen LogP) is 3.91. The maximum absolute atomic E-state index is 13.3. The maximum atomic E-state index is 13.3. The number of hydrogen-bond acceptors (Lipinski definition) is 1. The SMILES string of the molecule is Fc1ccc(Cl)c(CNCc2ccccc2F)c1. The van der Waals surface area contributed by atoms with Gasteiger partial charge in [0.05, 0.1) is 0 Å². The van der Waals surface area contributed by atoms with Gasteiger partial charge in [-0.05, 0) is 29.8 Å². The van der Waals surface area contributed by atoms with Crippen molar-refractivity contribution in [2.75, 3.05) is 0 Å². The average Bonchev–Trinajstić information content (AvgIpc) is 2.36. The third-order valence-corrected chi connectivity index (χ3v) is 2.97. The Labute approximate surface area is 109 Å². The minimum Gasteiger partial charge on any atom is -0.308 e. The van der Waals surface area contributed by atoms with Gasteiger partial charge in [-0.1, -0.05) is 29.8 Å². The summed E-state index contributed by atoms with van der Waals surface area (Å²) in [5.41, 5.74) is 1.23. The van der Waals surface area contributed by atoms with Gasteiger partial charge in [-0.3, -0.25) is 0 Å². The highest BCUT2D eigenvalue weighted by Crippen LogP contribution is 2.17. The van der Waals surface area contributed by atoms with Gasteiger partial charge in [0.1, 0.15) is 11.6 Å². The minimum absolute atomic E-state index is 0.254. The molecule has 0 spiro atoms. The zero-order valence-electron chi connectivity index (χ0n) is 9.59. The maximum Gasteiger partial charge on any atom is 0.127 e. The summed E-state index contributed by atoms with van der Waals surface area (Å²) in [5.74, 6) is -0.586. The van der Waals surface area contributed by atoms with Crippen molar-refractivity contribution in [3.05, 3.63) is 70.2 Å². The molecule has 0 aromatic heterocycles. The van der Waals surface area contributed by atoms with E-state index >= 15 is 0 Å². The van der Waals surface area contributed by atoms with Gasteiger partial charge in [-0.25, -0.2) is 8.78 Å². The molecule has 0 heterocycles. The summed E-state index contributed by atoms with van der Waals surface area (Å²) in [7, 11) is 0. The summed E-state index contributed by atoms with van der Waals surface area (Å²) in [6.45, 7) is 0.768. The fourth-order valence-corrected chi connectivity index (χ4v) is 1.84. The molecule has 0 aliphatic heterocycles. The van der Waals surface area contributed by atoms with Gasteiger partial charge in [-0.2, -0.15) is 0 Å². The summed E-state index contributed by atoms with van der Waals surface area (Å²) in [6.07, 6.45) is 0. The molecule has 0 unspecified atom stereocenters. The normalized spacial score (nSPS) is 10.6. The predicted molar refractivity (Wildman–Crippen MR) is 68.4 cm³/mol. The first kappa shape index (κ1) is 13.0. The van der Waals surface area contributed by atoms with Gasteiger partial charge >= 0.3 is 0 Å². The quantitative estimate of drug-likeness (QED) is 0.886. The Morgan fingerprint density at radius 3 is 2.44 bits per heavy atom. The van der Waals surface area contributed by atoms with Crippen LogP contribution in [-0.4, -0.2) is 0 Å². The number of benzene rings is 2. The van der Waals surface area contributed by atoms with Crippen LogP contribution in [0.25, 0.3) is 0 Å². The third kappa shape index (κ3) is 3.28. The fourth-order valence-electron chi connectivity index (χ4n) is 1.65. The largest absolute Gasteiger partial charge is 0.308 e. The molecule has 2 aromatic carbocycles. The van der Waals surface area contributed by atoms with E-state index in [2.05, 4.69) is 5.32 Å². The van der Waals surface area contributed by atoms with Gasteiger partial charge in [-0.15, -0.1) is 0 Å². The average molecular weight is 268 g/mol. The molecule has 4 heteroatoms. The number of rotatable bonds is 4. The first-order chi connectivity index (χ1) is 8.66. The van der Waals surface area contributed by atoms with E-state index in [4.69, 9.17) is 11.6 Å². The second kappa shape index (κ2) is 5.94. The van der Waals surface area contributed by atoms with Gasteiger partial charge in [0.15, 0.2) is 0 Å². The van der Waals surface area contributed by atoms with Gasteiger partial charge in [0, 0.05) is 23.7 Å². The topological polar surface area (TPSA) is 12.0 Å². The third-order valence-electron chi connectivity index (χ3n) is 2.60. The molecule has 0 aliphatic carbocycles. The van der Waals surface area contributed by atoms with Crippen molar-refractivity contribution in [1.82, 2.24) is 5.32 Å². The van der Waals surface area contributed by atoms with E-state index in [-0.39, 0.29) is 11.6 Å². The molecule has 0 bridgehead atoms. The smallest absolute Gasteiger partial charge is 0.127 e. The molecule has 94 valence electrons. The van der Waals surface area contributed by atoms with Crippen molar-refractivity contribution in [2.45, 2.75) is 13.1 Å². The molecule has 1 nitrogen and oxygen atoms in total. The number of hydrogen-bond donors (Lipinski definition) is 1. The monoisotopic (exact) mass is 267 g/mol. The molecule has 0 radical (unpaired) electrons. The standard InChI is InChI=1S/C14H12ClF2N/c15-13-6-5-12(16)7-11(13)9-18-8-10-3-1-2-4-14(10)17/h1-7,18H,8-9H2. The Balaban J connectivity index is 1.96. The Morgan fingerprint density at radius 2 is 1.67 bits per heavy atom. The Hall–Kier alpha value is -1.45. The second-order valence-corrected chi connectivity index (χ2v) is 4.34. The fraction of sp³-hybridized carbons (Fsp3) is 0.143. The molecule has 0 amide bonds. The van der Waals surface area contributed by atoms with E-state index in [0.29, 0.717) is 29.2 Å². The molecular formula is C14H12ClF2N. The van der Waals surface area contributed by atoms with Crippen molar-refractivity contribution in [3.63, 3.8) is 0 Å². The Kier molecular flexibility index (Phi) is 4.28. The van der Waals surface area contributed by atoms with Crippen LogP contribution in [0.1, 0.15) is 11.1 Å². The summed E-state index contributed by atoms with van der Waals surface area (Å²) >= 11 is 5.93. The highest BCUT2D eigenvalue weighted by Gasteiger charge is 2.03. The zero-order valence-corrected chi connectivity index (χ0v) is 10.3. The van der Waals surface area contributed by atoms with Crippen LogP contribution < -0.4 is 5.32 Å². The van der Waals surface area contributed by atoms with Crippen molar-refractivity contribution < 1.29 is 8.78 Å². The molecule has 2 rings (SSSR count). The lowest BCUT2D eigenvalue weighted by atomic mass is 10.2. The van der Waals surface area contributed by atoms with Gasteiger partial charge in [0.2, 0.25) is 0 Å². The molecule has 0 aliphatic rings. The van der Waals surface area contributed by atoms with Crippen LogP contribution in [0.4, 0.5) is 8.78 Å². The van der Waals surface area contributed by atoms with Crippen molar-refractivity contribution in [2.24, 2.45) is 0 Å². The number of halogens is 3. The van der Waals surface area contributed by atoms with E-state index in [9.17, 15) is 8.78 Å². The molecule has 18 heavy (non-hydrogen) atoms. The summed E-state index contributed by atoms with van der Waals surface area (Å²) in [5, 5.41) is 3.53. The summed E-state index contributed by atoms with van der Waals surface area (Å²) < 4.78 is 26.3. The van der Waals surface area contributed by atoms with E-state index in [1.165, 1.54) is 24.3 Å². The van der Waals surface area contributed by atoms with Crippen LogP contribution in [-0.2, 0) is 13.1 Å². The Bertz CT molecular complexity index is 543. The lowest BCUT2D eigenvalue weighted by Gasteiger charge is -2.07. The minimum atomic E-state index is -0.331. The van der Waals surface area contributed by atoms with Crippen molar-refractivity contribution >= 4 is 11.6 Å². The van der Waals surface area contributed by atoms with Crippen LogP contribution in [0, 0.1) is 11.6 Å². The van der Waals surface area contributed by atoms with Crippen LogP contribution in [0.2, 0.25) is 5.02 Å². The molecule has 2 aromatic rings. The van der Waals surface area contributed by atoms with E-state index in [0.717, 1.165) is 0 Å².